The summed E-state index contributed by atoms with van der Waals surface area (Å²) < 4.78 is 0. The lowest BCUT2D eigenvalue weighted by Crippen LogP contribution is -2.51. The third kappa shape index (κ3) is 5.40. The van der Waals surface area contributed by atoms with Gasteiger partial charge in [0.1, 0.15) is 6.17 Å². The molecule has 2 aliphatic carbocycles. The van der Waals surface area contributed by atoms with Crippen molar-refractivity contribution in [2.75, 3.05) is 18.6 Å². The minimum Gasteiger partial charge on any atom is -0.404 e. The van der Waals surface area contributed by atoms with Crippen LogP contribution in [-0.4, -0.2) is 35.8 Å². The van der Waals surface area contributed by atoms with Gasteiger partial charge in [0.2, 0.25) is 0 Å². The van der Waals surface area contributed by atoms with Gasteiger partial charge in [0.25, 0.3) is 0 Å². The molecule has 1 saturated carbocycles. The van der Waals surface area contributed by atoms with E-state index in [1.807, 2.05) is 12.3 Å². The Kier molecular flexibility index (Phi) is 7.08. The van der Waals surface area contributed by atoms with Crippen LogP contribution in [0.2, 0.25) is 0 Å². The number of nitrogens with two attached hydrogens (primary N) is 1. The van der Waals surface area contributed by atoms with E-state index in [2.05, 4.69) is 52.8 Å². The van der Waals surface area contributed by atoms with Crippen LogP contribution in [0.1, 0.15) is 38.5 Å². The van der Waals surface area contributed by atoms with Gasteiger partial charge in [-0.25, -0.2) is 10.4 Å². The minimum absolute atomic E-state index is 0.111. The maximum Gasteiger partial charge on any atom is 0.117 e. The number of hydrogen-bond acceptors (Lipinski definition) is 5. The highest BCUT2D eigenvalue weighted by atomic mass is 32.2. The van der Waals surface area contributed by atoms with Crippen LogP contribution in [0.25, 0.3) is 0 Å². The molecule has 0 radical (unpaired) electrons. The zero-order valence-corrected chi connectivity index (χ0v) is 16.1. The predicted molar refractivity (Wildman–Crippen MR) is 109 cm³/mol. The molecule has 1 fully saturated rings. The molecular formula is C20H32N4S. The topological polar surface area (TPSA) is 53.3 Å². The quantitative estimate of drug-likeness (QED) is 0.458. The van der Waals surface area contributed by atoms with Crippen molar-refractivity contribution < 1.29 is 0 Å². The van der Waals surface area contributed by atoms with E-state index in [0.29, 0.717) is 6.04 Å². The molecule has 0 amide bonds. The number of hydrazine groups is 1. The van der Waals surface area contributed by atoms with E-state index < -0.39 is 0 Å². The number of allylic oxidation sites excluding steroid dienone is 4. The molecule has 1 aliphatic heterocycles. The molecule has 138 valence electrons. The largest absolute Gasteiger partial charge is 0.404 e. The van der Waals surface area contributed by atoms with Crippen molar-refractivity contribution in [2.24, 2.45) is 11.7 Å². The number of hydrogen-bond donors (Lipinski definition) is 3. The molecule has 4 nitrogen and oxygen atoms in total. The average molecular weight is 361 g/mol. The van der Waals surface area contributed by atoms with Crippen molar-refractivity contribution in [1.29, 1.82) is 0 Å². The predicted octanol–water partition coefficient (Wildman–Crippen LogP) is 3.28. The van der Waals surface area contributed by atoms with E-state index in [4.69, 9.17) is 5.73 Å². The van der Waals surface area contributed by atoms with Crippen LogP contribution in [0.5, 0.6) is 0 Å². The Hall–Kier alpha value is -1.17. The molecule has 3 aliphatic rings. The maximum atomic E-state index is 5.67. The van der Waals surface area contributed by atoms with E-state index in [9.17, 15) is 0 Å². The second kappa shape index (κ2) is 9.51. The van der Waals surface area contributed by atoms with Crippen LogP contribution in [0.15, 0.2) is 47.9 Å². The van der Waals surface area contributed by atoms with Crippen LogP contribution >= 0.6 is 11.8 Å². The Morgan fingerprint density at radius 3 is 3.08 bits per heavy atom. The molecule has 5 heteroatoms. The maximum absolute atomic E-state index is 5.67. The normalized spacial score (nSPS) is 30.2. The molecule has 0 aromatic heterocycles. The fraction of sp³-hybridized carbons (Fsp3) is 0.600. The molecule has 3 unspecified atom stereocenters. The van der Waals surface area contributed by atoms with E-state index in [0.717, 1.165) is 11.5 Å². The summed E-state index contributed by atoms with van der Waals surface area (Å²) in [7, 11) is 2.16. The Labute approximate surface area is 156 Å². The highest BCUT2D eigenvalue weighted by Gasteiger charge is 2.29. The van der Waals surface area contributed by atoms with Gasteiger partial charge in [-0.05, 0) is 68.2 Å². The molecule has 0 saturated heterocycles. The molecule has 4 N–H and O–H groups in total. The first-order valence-electron chi connectivity index (χ1n) is 9.53. The van der Waals surface area contributed by atoms with E-state index >= 15 is 0 Å². The molecule has 0 aromatic rings. The summed E-state index contributed by atoms with van der Waals surface area (Å²) in [6, 6.07) is 0.621. The Morgan fingerprint density at radius 1 is 1.36 bits per heavy atom. The third-order valence-corrected chi connectivity index (χ3v) is 6.62. The zero-order chi connectivity index (χ0) is 17.5. The van der Waals surface area contributed by atoms with Crippen molar-refractivity contribution in [2.45, 2.75) is 50.7 Å². The lowest BCUT2D eigenvalue weighted by molar-refractivity contribution is 0.141. The van der Waals surface area contributed by atoms with E-state index in [1.165, 1.54) is 55.6 Å². The van der Waals surface area contributed by atoms with Gasteiger partial charge in [0.05, 0.1) is 0 Å². The summed E-state index contributed by atoms with van der Waals surface area (Å²) in [5.41, 5.74) is 11.9. The van der Waals surface area contributed by atoms with Gasteiger partial charge >= 0.3 is 0 Å². The van der Waals surface area contributed by atoms with Gasteiger partial charge < -0.3 is 11.1 Å². The van der Waals surface area contributed by atoms with Crippen LogP contribution < -0.4 is 16.5 Å². The summed E-state index contributed by atoms with van der Waals surface area (Å²) in [6.45, 7) is 0. The Morgan fingerprint density at radius 2 is 2.28 bits per heavy atom. The van der Waals surface area contributed by atoms with E-state index in [-0.39, 0.29) is 6.17 Å². The second-order valence-electron chi connectivity index (χ2n) is 7.26. The summed E-state index contributed by atoms with van der Waals surface area (Å²) in [5, 5.41) is 5.59. The second-order valence-corrected chi connectivity index (χ2v) is 8.41. The summed E-state index contributed by atoms with van der Waals surface area (Å²) in [6.07, 6.45) is 20.4. The van der Waals surface area contributed by atoms with Crippen LogP contribution in [0.3, 0.4) is 0 Å². The van der Waals surface area contributed by atoms with Gasteiger partial charge in [-0.1, -0.05) is 23.8 Å². The van der Waals surface area contributed by atoms with Crippen molar-refractivity contribution in [3.8, 4) is 0 Å². The Balaban J connectivity index is 1.32. The SMILES string of the molecule is CN(NC1NC=C/C1=C/N)C1CCC(CSCCC2=CCCC=C2)C1. The lowest BCUT2D eigenvalue weighted by Gasteiger charge is -2.29. The number of rotatable bonds is 8. The van der Waals surface area contributed by atoms with Gasteiger partial charge in [-0.2, -0.15) is 11.8 Å². The smallest absolute Gasteiger partial charge is 0.117 e. The van der Waals surface area contributed by atoms with E-state index in [1.54, 1.807) is 6.20 Å². The van der Waals surface area contributed by atoms with Crippen molar-refractivity contribution in [3.63, 3.8) is 0 Å². The van der Waals surface area contributed by atoms with Gasteiger partial charge in [-0.3, -0.25) is 0 Å². The Bertz CT molecular complexity index is 552. The average Bonchev–Trinajstić information content (AvgIpc) is 3.29. The summed E-state index contributed by atoms with van der Waals surface area (Å²) >= 11 is 2.13. The monoisotopic (exact) mass is 360 g/mol. The van der Waals surface area contributed by atoms with Gasteiger partial charge in [-0.15, -0.1) is 0 Å². The highest BCUT2D eigenvalue weighted by Crippen LogP contribution is 2.31. The molecule has 3 rings (SSSR count). The van der Waals surface area contributed by atoms with Crippen LogP contribution in [0.4, 0.5) is 0 Å². The lowest BCUT2D eigenvalue weighted by atomic mass is 10.1. The van der Waals surface area contributed by atoms with Crippen molar-refractivity contribution in [1.82, 2.24) is 15.8 Å². The zero-order valence-electron chi connectivity index (χ0n) is 15.3. The number of nitrogens with zero attached hydrogens (tertiary/aromatic N) is 1. The van der Waals surface area contributed by atoms with Crippen molar-refractivity contribution in [3.05, 3.63) is 47.9 Å². The fourth-order valence-electron chi connectivity index (χ4n) is 3.85. The molecular weight excluding hydrogens is 328 g/mol. The summed E-state index contributed by atoms with van der Waals surface area (Å²) in [4.78, 5) is 0. The fourth-order valence-corrected chi connectivity index (χ4v) is 5.03. The molecule has 0 spiro atoms. The van der Waals surface area contributed by atoms with Crippen molar-refractivity contribution >= 4 is 11.8 Å². The first-order chi connectivity index (χ1) is 12.3. The van der Waals surface area contributed by atoms with Crippen LogP contribution in [-0.2, 0) is 0 Å². The molecule has 3 atom stereocenters. The number of thioether (sulfide) groups is 1. The first kappa shape index (κ1) is 18.6. The first-order valence-corrected chi connectivity index (χ1v) is 10.7. The summed E-state index contributed by atoms with van der Waals surface area (Å²) in [5.74, 6) is 3.42. The van der Waals surface area contributed by atoms with Crippen LogP contribution in [0, 0.1) is 5.92 Å². The minimum atomic E-state index is 0.111. The molecule has 0 bridgehead atoms. The highest BCUT2D eigenvalue weighted by molar-refractivity contribution is 7.99. The molecule has 25 heavy (non-hydrogen) atoms. The number of nitrogens with one attached hydrogen (secondary N) is 2. The molecule has 1 heterocycles. The molecule has 0 aromatic carbocycles. The standard InChI is InChI=1S/C20H32N4S/c1-24(23-20-18(14-21)9-11-22-20)19-8-7-17(13-19)15-25-12-10-16-5-3-2-4-6-16/h3,5-6,9,11,14,17,19-20,22-23H,2,4,7-8,10,12-13,15,21H2,1H3/b18-14-. The van der Waals surface area contributed by atoms with Gasteiger partial charge in [0, 0.05) is 24.9 Å². The van der Waals surface area contributed by atoms with Gasteiger partial charge in [0.15, 0.2) is 0 Å². The third-order valence-electron chi connectivity index (χ3n) is 5.42.